The Bertz CT molecular complexity index is 174. The second kappa shape index (κ2) is 11.8. The molecular weight excluding hydrogens is 216 g/mol. The largest absolute Gasteiger partial charge is 0.103 e. The zero-order valence-electron chi connectivity index (χ0n) is 13.3. The lowest BCUT2D eigenvalue weighted by Crippen LogP contribution is -2.20. The van der Waals surface area contributed by atoms with Gasteiger partial charge < -0.3 is 0 Å². The van der Waals surface area contributed by atoms with E-state index in [2.05, 4.69) is 33.4 Å². The highest BCUT2D eigenvalue weighted by atomic mass is 14.3. The Hall–Kier alpha value is -0.260. The Labute approximate surface area is 116 Å². The molecule has 0 fully saturated rings. The van der Waals surface area contributed by atoms with Crippen LogP contribution in [0.2, 0.25) is 0 Å². The third-order valence-electron chi connectivity index (χ3n) is 4.24. The Kier molecular flexibility index (Phi) is 11.6. The summed E-state index contributed by atoms with van der Waals surface area (Å²) in [6.45, 7) is 10.8. The van der Waals surface area contributed by atoms with E-state index in [-0.39, 0.29) is 0 Å². The fourth-order valence-corrected chi connectivity index (χ4v) is 3.33. The summed E-state index contributed by atoms with van der Waals surface area (Å²) in [6.07, 6.45) is 18.7. The van der Waals surface area contributed by atoms with Crippen LogP contribution in [0.1, 0.15) is 97.8 Å². The number of hydrogen-bond donors (Lipinski definition) is 0. The molecule has 0 aromatic heterocycles. The number of allylic oxidation sites excluding steroid dienone is 1. The first-order chi connectivity index (χ1) is 8.74. The van der Waals surface area contributed by atoms with Gasteiger partial charge in [0.25, 0.3) is 0 Å². The van der Waals surface area contributed by atoms with E-state index in [0.29, 0.717) is 5.41 Å². The number of rotatable bonds is 13. The van der Waals surface area contributed by atoms with Gasteiger partial charge in [0, 0.05) is 0 Å². The SMILES string of the molecule is C=CCCCCCC(CCC)(CCC)CCCC. The van der Waals surface area contributed by atoms with Crippen LogP contribution in [0.4, 0.5) is 0 Å². The molecule has 0 radical (unpaired) electrons. The molecule has 0 saturated heterocycles. The van der Waals surface area contributed by atoms with E-state index in [1.165, 1.54) is 77.0 Å². The van der Waals surface area contributed by atoms with Crippen molar-refractivity contribution >= 4 is 0 Å². The first-order valence-electron chi connectivity index (χ1n) is 8.35. The summed E-state index contributed by atoms with van der Waals surface area (Å²) in [7, 11) is 0. The van der Waals surface area contributed by atoms with Crippen LogP contribution in [-0.2, 0) is 0 Å². The van der Waals surface area contributed by atoms with Crippen LogP contribution < -0.4 is 0 Å². The Morgan fingerprint density at radius 1 is 0.722 bits per heavy atom. The Morgan fingerprint density at radius 3 is 1.83 bits per heavy atom. The molecule has 0 spiro atoms. The van der Waals surface area contributed by atoms with E-state index < -0.39 is 0 Å². The highest BCUT2D eigenvalue weighted by molar-refractivity contribution is 4.79. The van der Waals surface area contributed by atoms with Crippen LogP contribution in [0, 0.1) is 5.41 Å². The number of unbranched alkanes of at least 4 members (excludes halogenated alkanes) is 4. The molecule has 0 heteroatoms. The van der Waals surface area contributed by atoms with Gasteiger partial charge in [0.15, 0.2) is 0 Å². The third-order valence-corrected chi connectivity index (χ3v) is 4.24. The molecule has 0 saturated carbocycles. The molecule has 108 valence electrons. The predicted molar refractivity (Wildman–Crippen MR) is 85.1 cm³/mol. The van der Waals surface area contributed by atoms with Gasteiger partial charge in [0.2, 0.25) is 0 Å². The molecule has 0 aliphatic rings. The van der Waals surface area contributed by atoms with E-state index >= 15 is 0 Å². The molecule has 0 rings (SSSR count). The lowest BCUT2D eigenvalue weighted by molar-refractivity contribution is 0.182. The van der Waals surface area contributed by atoms with Crippen LogP contribution in [0.25, 0.3) is 0 Å². The average Bonchev–Trinajstić information content (AvgIpc) is 2.37. The van der Waals surface area contributed by atoms with Crippen molar-refractivity contribution in [3.8, 4) is 0 Å². The normalized spacial score (nSPS) is 11.7. The smallest absolute Gasteiger partial charge is 0.0298 e. The van der Waals surface area contributed by atoms with Gasteiger partial charge in [0.1, 0.15) is 0 Å². The van der Waals surface area contributed by atoms with Gasteiger partial charge in [-0.2, -0.15) is 0 Å². The monoisotopic (exact) mass is 252 g/mol. The van der Waals surface area contributed by atoms with E-state index in [9.17, 15) is 0 Å². The minimum absolute atomic E-state index is 0.674. The van der Waals surface area contributed by atoms with Crippen molar-refractivity contribution in [2.45, 2.75) is 97.8 Å². The van der Waals surface area contributed by atoms with Crippen molar-refractivity contribution in [3.05, 3.63) is 12.7 Å². The van der Waals surface area contributed by atoms with Crippen molar-refractivity contribution in [1.82, 2.24) is 0 Å². The highest BCUT2D eigenvalue weighted by Crippen LogP contribution is 2.40. The molecule has 0 heterocycles. The van der Waals surface area contributed by atoms with Gasteiger partial charge in [-0.3, -0.25) is 0 Å². The quantitative estimate of drug-likeness (QED) is 0.247. The molecule has 0 aliphatic carbocycles. The maximum Gasteiger partial charge on any atom is -0.0298 e. The van der Waals surface area contributed by atoms with Crippen molar-refractivity contribution in [2.24, 2.45) is 5.41 Å². The molecular formula is C18H36. The molecule has 0 aromatic rings. The molecule has 0 N–H and O–H groups in total. The molecule has 0 unspecified atom stereocenters. The van der Waals surface area contributed by atoms with Gasteiger partial charge in [-0.05, 0) is 43.9 Å². The molecule has 0 aliphatic heterocycles. The molecule has 0 nitrogen and oxygen atoms in total. The first-order valence-corrected chi connectivity index (χ1v) is 8.35. The maximum atomic E-state index is 3.81. The standard InChI is InChI=1S/C18H36/c1-5-9-11-12-13-17-18(14-7-3,15-8-4)16-10-6-2/h5H,1,6-17H2,2-4H3. The van der Waals surface area contributed by atoms with Crippen LogP contribution in [0.5, 0.6) is 0 Å². The summed E-state index contributed by atoms with van der Waals surface area (Å²) in [5, 5.41) is 0. The third kappa shape index (κ3) is 7.95. The van der Waals surface area contributed by atoms with Crippen molar-refractivity contribution in [1.29, 1.82) is 0 Å². The average molecular weight is 252 g/mol. The fourth-order valence-electron chi connectivity index (χ4n) is 3.33. The first kappa shape index (κ1) is 17.7. The highest BCUT2D eigenvalue weighted by Gasteiger charge is 2.26. The van der Waals surface area contributed by atoms with E-state index in [1.807, 2.05) is 0 Å². The summed E-state index contributed by atoms with van der Waals surface area (Å²) < 4.78 is 0. The minimum atomic E-state index is 0.674. The van der Waals surface area contributed by atoms with Gasteiger partial charge >= 0.3 is 0 Å². The molecule has 0 bridgehead atoms. The maximum absolute atomic E-state index is 3.81. The second-order valence-corrected chi connectivity index (χ2v) is 5.99. The predicted octanol–water partition coefficient (Wildman–Crippen LogP) is 6.90. The summed E-state index contributed by atoms with van der Waals surface area (Å²) in [5.41, 5.74) is 0.674. The molecule has 18 heavy (non-hydrogen) atoms. The lowest BCUT2D eigenvalue weighted by Gasteiger charge is -2.34. The van der Waals surface area contributed by atoms with E-state index in [0.717, 1.165) is 0 Å². The zero-order chi connectivity index (χ0) is 13.7. The summed E-state index contributed by atoms with van der Waals surface area (Å²) in [4.78, 5) is 0. The van der Waals surface area contributed by atoms with E-state index in [1.54, 1.807) is 0 Å². The van der Waals surface area contributed by atoms with Gasteiger partial charge in [0.05, 0.1) is 0 Å². The van der Waals surface area contributed by atoms with Crippen molar-refractivity contribution in [3.63, 3.8) is 0 Å². The summed E-state index contributed by atoms with van der Waals surface area (Å²) in [6, 6.07) is 0. The van der Waals surface area contributed by atoms with Gasteiger partial charge in [-0.15, -0.1) is 6.58 Å². The summed E-state index contributed by atoms with van der Waals surface area (Å²) in [5.74, 6) is 0. The Morgan fingerprint density at radius 2 is 1.33 bits per heavy atom. The summed E-state index contributed by atoms with van der Waals surface area (Å²) >= 11 is 0. The van der Waals surface area contributed by atoms with E-state index in [4.69, 9.17) is 0 Å². The lowest BCUT2D eigenvalue weighted by atomic mass is 9.71. The second-order valence-electron chi connectivity index (χ2n) is 5.99. The van der Waals surface area contributed by atoms with Crippen LogP contribution in [0.15, 0.2) is 12.7 Å². The minimum Gasteiger partial charge on any atom is -0.103 e. The Balaban J connectivity index is 4.17. The van der Waals surface area contributed by atoms with Crippen LogP contribution >= 0.6 is 0 Å². The van der Waals surface area contributed by atoms with Crippen LogP contribution in [-0.4, -0.2) is 0 Å². The fraction of sp³-hybridized carbons (Fsp3) is 0.889. The van der Waals surface area contributed by atoms with Crippen molar-refractivity contribution in [2.75, 3.05) is 0 Å². The topological polar surface area (TPSA) is 0 Å². The molecule has 0 atom stereocenters. The van der Waals surface area contributed by atoms with Gasteiger partial charge in [-0.25, -0.2) is 0 Å². The van der Waals surface area contributed by atoms with Crippen molar-refractivity contribution < 1.29 is 0 Å². The molecule has 0 aromatic carbocycles. The van der Waals surface area contributed by atoms with Gasteiger partial charge in [-0.1, -0.05) is 65.4 Å². The van der Waals surface area contributed by atoms with Crippen LogP contribution in [0.3, 0.4) is 0 Å². The molecule has 0 amide bonds. The zero-order valence-corrected chi connectivity index (χ0v) is 13.3. The number of hydrogen-bond acceptors (Lipinski definition) is 0.